The molecule has 0 aliphatic rings. The van der Waals surface area contributed by atoms with Gasteiger partial charge in [-0.2, -0.15) is 0 Å². The molecule has 3 N–H and O–H groups in total. The van der Waals surface area contributed by atoms with Gasteiger partial charge in [0.25, 0.3) is 15.3 Å². The van der Waals surface area contributed by atoms with E-state index in [4.69, 9.17) is 46.0 Å². The van der Waals surface area contributed by atoms with Gasteiger partial charge in [0.15, 0.2) is 0 Å². The molecule has 0 atom stereocenters. The molecule has 0 unspecified atom stereocenters. The SMILES string of the molecule is O=[N+]([O-])O.O=[N+]([O-])O.O=[N+]([O-])O.[Co]. The summed E-state index contributed by atoms with van der Waals surface area (Å²) >= 11 is 0. The fraction of sp³-hybridized carbons (Fsp3) is 0. The zero-order valence-corrected chi connectivity index (χ0v) is 6.51. The van der Waals surface area contributed by atoms with E-state index in [0.29, 0.717) is 0 Å². The Morgan fingerprint density at radius 1 is 0.692 bits per heavy atom. The molecule has 0 aromatic carbocycles. The second-order valence-electron chi connectivity index (χ2n) is 0.714. The molecule has 0 heterocycles. The van der Waals surface area contributed by atoms with Gasteiger partial charge in [0.1, 0.15) is 0 Å². The van der Waals surface area contributed by atoms with Crippen LogP contribution in [0.2, 0.25) is 0 Å². The Morgan fingerprint density at radius 2 is 0.692 bits per heavy atom. The fourth-order valence-corrected chi connectivity index (χ4v) is 0. The minimum absolute atomic E-state index is 0. The van der Waals surface area contributed by atoms with Crippen molar-refractivity contribution in [3.05, 3.63) is 30.3 Å². The summed E-state index contributed by atoms with van der Waals surface area (Å²) in [5, 5.41) is 40.9. The molecular weight excluding hydrogens is 245 g/mol. The van der Waals surface area contributed by atoms with E-state index in [0.717, 1.165) is 0 Å². The first kappa shape index (κ1) is 22.5. The summed E-state index contributed by atoms with van der Waals surface area (Å²) in [6.07, 6.45) is 0. The quantitative estimate of drug-likeness (QED) is 0.354. The van der Waals surface area contributed by atoms with Crippen LogP contribution in [0.4, 0.5) is 0 Å². The van der Waals surface area contributed by atoms with E-state index in [1.54, 1.807) is 0 Å². The summed E-state index contributed by atoms with van der Waals surface area (Å²) in [6, 6.07) is 0. The molecule has 0 saturated heterocycles. The van der Waals surface area contributed by atoms with Gasteiger partial charge in [-0.1, -0.05) is 0 Å². The van der Waals surface area contributed by atoms with Gasteiger partial charge in [-0.05, 0) is 0 Å². The van der Waals surface area contributed by atoms with Crippen molar-refractivity contribution >= 4 is 0 Å². The summed E-state index contributed by atoms with van der Waals surface area (Å²) in [5.41, 5.74) is 0. The third kappa shape index (κ3) is 185. The predicted molar refractivity (Wildman–Crippen MR) is 26.3 cm³/mol. The molecule has 81 valence electrons. The summed E-state index contributed by atoms with van der Waals surface area (Å²) in [6.45, 7) is 0. The Balaban J connectivity index is -0.0000000450. The monoisotopic (exact) mass is 248 g/mol. The van der Waals surface area contributed by atoms with Crippen LogP contribution in [0.25, 0.3) is 0 Å². The molecule has 13 heavy (non-hydrogen) atoms. The van der Waals surface area contributed by atoms with E-state index in [9.17, 15) is 0 Å². The Hall–Kier alpha value is -1.89. The molecule has 0 fully saturated rings. The second-order valence-corrected chi connectivity index (χ2v) is 0.714. The van der Waals surface area contributed by atoms with Crippen molar-refractivity contribution in [2.24, 2.45) is 0 Å². The molecule has 0 saturated carbocycles. The molecule has 0 aliphatic heterocycles. The van der Waals surface area contributed by atoms with Gasteiger partial charge in [0, 0.05) is 16.8 Å². The summed E-state index contributed by atoms with van der Waals surface area (Å²) in [5.74, 6) is 0. The maximum absolute atomic E-state index is 8.36. The summed E-state index contributed by atoms with van der Waals surface area (Å²) < 4.78 is 0. The average Bonchev–Trinajstić information content (AvgIpc) is 1.54. The van der Waals surface area contributed by atoms with Crippen LogP contribution < -0.4 is 0 Å². The molecule has 0 rings (SSSR count). The van der Waals surface area contributed by atoms with Gasteiger partial charge in [0.2, 0.25) is 0 Å². The maximum atomic E-state index is 8.36. The van der Waals surface area contributed by atoms with Crippen LogP contribution >= 0.6 is 0 Å². The van der Waals surface area contributed by atoms with Crippen LogP contribution in [0.3, 0.4) is 0 Å². The van der Waals surface area contributed by atoms with Gasteiger partial charge >= 0.3 is 0 Å². The number of hydrogen-bond acceptors (Lipinski definition) is 6. The molecule has 0 aromatic rings. The number of hydrogen-bond donors (Lipinski definition) is 3. The van der Waals surface area contributed by atoms with E-state index < -0.39 is 15.3 Å². The van der Waals surface area contributed by atoms with Crippen LogP contribution in [0.15, 0.2) is 0 Å². The minimum atomic E-state index is -1.50. The zero-order valence-electron chi connectivity index (χ0n) is 5.47. The van der Waals surface area contributed by atoms with Crippen LogP contribution in [-0.2, 0) is 16.8 Å². The first-order chi connectivity index (χ1) is 5.20. The van der Waals surface area contributed by atoms with E-state index >= 15 is 0 Å². The fourth-order valence-electron chi connectivity index (χ4n) is 0. The van der Waals surface area contributed by atoms with E-state index in [2.05, 4.69) is 0 Å². The Bertz CT molecular complexity index is 112. The Kier molecular flexibility index (Phi) is 28.7. The first-order valence-electron chi connectivity index (χ1n) is 1.70. The third-order valence-electron chi connectivity index (χ3n) is 0. The van der Waals surface area contributed by atoms with Gasteiger partial charge in [-0.15, -0.1) is 30.3 Å². The van der Waals surface area contributed by atoms with E-state index in [1.807, 2.05) is 0 Å². The van der Waals surface area contributed by atoms with Crippen molar-refractivity contribution in [3.8, 4) is 0 Å². The number of nitrogens with zero attached hydrogens (tertiary/aromatic N) is 3. The van der Waals surface area contributed by atoms with Gasteiger partial charge in [-0.3, -0.25) is 0 Å². The van der Waals surface area contributed by atoms with Crippen molar-refractivity contribution in [2.45, 2.75) is 0 Å². The maximum Gasteiger partial charge on any atom is 0.291 e. The Morgan fingerprint density at radius 3 is 0.692 bits per heavy atom. The molecule has 0 bridgehead atoms. The zero-order chi connectivity index (χ0) is 10.7. The third-order valence-corrected chi connectivity index (χ3v) is 0. The normalized spacial score (nSPS) is 5.54. The largest absolute Gasteiger partial charge is 0.328 e. The minimum Gasteiger partial charge on any atom is -0.328 e. The van der Waals surface area contributed by atoms with Gasteiger partial charge < -0.3 is 15.6 Å². The van der Waals surface area contributed by atoms with Crippen molar-refractivity contribution in [1.82, 2.24) is 0 Å². The van der Waals surface area contributed by atoms with E-state index in [-0.39, 0.29) is 16.8 Å². The molecule has 0 amide bonds. The Labute approximate surface area is 78.9 Å². The summed E-state index contributed by atoms with van der Waals surface area (Å²) in [7, 11) is 0. The van der Waals surface area contributed by atoms with Crippen molar-refractivity contribution in [2.75, 3.05) is 0 Å². The van der Waals surface area contributed by atoms with Crippen molar-refractivity contribution in [1.29, 1.82) is 0 Å². The first-order valence-corrected chi connectivity index (χ1v) is 1.70. The average molecular weight is 248 g/mol. The number of rotatable bonds is 0. The van der Waals surface area contributed by atoms with Crippen LogP contribution in [-0.4, -0.2) is 30.9 Å². The molecule has 12 nitrogen and oxygen atoms in total. The van der Waals surface area contributed by atoms with Crippen molar-refractivity contribution in [3.63, 3.8) is 0 Å². The van der Waals surface area contributed by atoms with E-state index in [1.165, 1.54) is 0 Å². The van der Waals surface area contributed by atoms with Crippen LogP contribution in [0, 0.1) is 30.3 Å². The van der Waals surface area contributed by atoms with Crippen LogP contribution in [0.5, 0.6) is 0 Å². The molecule has 0 aliphatic carbocycles. The smallest absolute Gasteiger partial charge is 0.291 e. The topological polar surface area (TPSA) is 190 Å². The second kappa shape index (κ2) is 16.6. The van der Waals surface area contributed by atoms with Gasteiger partial charge in [0.05, 0.1) is 0 Å². The van der Waals surface area contributed by atoms with Gasteiger partial charge in [-0.25, -0.2) is 0 Å². The molecular formula is H3CoN3O9. The summed E-state index contributed by atoms with van der Waals surface area (Å²) in [4.78, 5) is 25.1. The standard InChI is InChI=1S/Co.3HNO3/c;3*2-1(3)4/h;3*(H,2,3,4). The molecule has 0 aromatic heterocycles. The molecule has 13 heteroatoms. The van der Waals surface area contributed by atoms with Crippen molar-refractivity contribution < 1.29 is 47.7 Å². The van der Waals surface area contributed by atoms with Crippen LogP contribution in [0.1, 0.15) is 0 Å². The molecule has 1 radical (unpaired) electrons. The predicted octanol–water partition coefficient (Wildman–Crippen LogP) is -1.05. The molecule has 0 spiro atoms.